The SMILES string of the molecule is CC=C1c2cc(OC)ccc2CN1CC1(c2cc3nc(-c4cccnc4)ccc3o2)NC(=O)NC1=O. The molecule has 1 fully saturated rings. The number of imide groups is 1. The highest BCUT2D eigenvalue weighted by Crippen LogP contribution is 2.39. The zero-order chi connectivity index (χ0) is 24.9. The van der Waals surface area contributed by atoms with E-state index in [1.54, 1.807) is 25.6 Å². The molecule has 36 heavy (non-hydrogen) atoms. The Labute approximate surface area is 206 Å². The quantitative estimate of drug-likeness (QED) is 0.417. The maximum absolute atomic E-state index is 13.3. The highest BCUT2D eigenvalue weighted by molar-refractivity contribution is 6.07. The lowest BCUT2D eigenvalue weighted by atomic mass is 9.95. The van der Waals surface area contributed by atoms with E-state index in [1.165, 1.54) is 0 Å². The molecule has 3 aromatic heterocycles. The number of rotatable bonds is 5. The zero-order valence-electron chi connectivity index (χ0n) is 19.7. The van der Waals surface area contributed by atoms with Crippen molar-refractivity contribution in [2.24, 2.45) is 0 Å². The fraction of sp³-hybridized carbons (Fsp3) is 0.185. The molecule has 1 saturated heterocycles. The van der Waals surface area contributed by atoms with Crippen LogP contribution in [0.1, 0.15) is 23.8 Å². The number of nitrogens with one attached hydrogen (secondary N) is 2. The lowest BCUT2D eigenvalue weighted by molar-refractivity contribution is -0.125. The van der Waals surface area contributed by atoms with Crippen LogP contribution in [0.4, 0.5) is 4.79 Å². The molecule has 180 valence electrons. The Morgan fingerprint density at radius 2 is 2.08 bits per heavy atom. The number of aromatic nitrogens is 2. The van der Waals surface area contributed by atoms with E-state index in [0.29, 0.717) is 23.4 Å². The van der Waals surface area contributed by atoms with E-state index in [4.69, 9.17) is 14.1 Å². The number of allylic oxidation sites excluding steroid dienone is 1. The third-order valence-electron chi connectivity index (χ3n) is 6.69. The Balaban J connectivity index is 1.40. The summed E-state index contributed by atoms with van der Waals surface area (Å²) >= 11 is 0. The molecule has 0 radical (unpaired) electrons. The molecule has 0 saturated carbocycles. The third-order valence-corrected chi connectivity index (χ3v) is 6.69. The van der Waals surface area contributed by atoms with Gasteiger partial charge < -0.3 is 19.4 Å². The number of fused-ring (bicyclic) bond motifs is 2. The Bertz CT molecular complexity index is 1540. The number of pyridine rings is 2. The minimum atomic E-state index is -1.42. The number of methoxy groups -OCH3 is 1. The van der Waals surface area contributed by atoms with Gasteiger partial charge in [-0.1, -0.05) is 12.1 Å². The van der Waals surface area contributed by atoms with Gasteiger partial charge in [-0.2, -0.15) is 0 Å². The van der Waals surface area contributed by atoms with Crippen LogP contribution < -0.4 is 15.4 Å². The second-order valence-electron chi connectivity index (χ2n) is 8.80. The molecule has 2 N–H and O–H groups in total. The molecule has 0 spiro atoms. The van der Waals surface area contributed by atoms with Crippen LogP contribution >= 0.6 is 0 Å². The lowest BCUT2D eigenvalue weighted by Crippen LogP contribution is -2.51. The topological polar surface area (TPSA) is 110 Å². The van der Waals surface area contributed by atoms with Gasteiger partial charge in [-0.3, -0.25) is 15.1 Å². The van der Waals surface area contributed by atoms with Crippen molar-refractivity contribution < 1.29 is 18.7 Å². The van der Waals surface area contributed by atoms with E-state index in [-0.39, 0.29) is 6.54 Å². The first kappa shape index (κ1) is 21.8. The number of hydrogen-bond acceptors (Lipinski definition) is 7. The van der Waals surface area contributed by atoms with E-state index in [2.05, 4.69) is 20.5 Å². The highest BCUT2D eigenvalue weighted by atomic mass is 16.5. The summed E-state index contributed by atoms with van der Waals surface area (Å²) in [6, 6.07) is 14.5. The van der Waals surface area contributed by atoms with Crippen LogP contribution in [-0.4, -0.2) is 40.5 Å². The maximum atomic E-state index is 13.3. The second-order valence-corrected chi connectivity index (χ2v) is 8.80. The average Bonchev–Trinajstić information content (AvgIpc) is 3.56. The molecule has 9 nitrogen and oxygen atoms in total. The summed E-state index contributed by atoms with van der Waals surface area (Å²) in [4.78, 5) is 36.6. The largest absolute Gasteiger partial charge is 0.497 e. The Morgan fingerprint density at radius 3 is 2.81 bits per heavy atom. The van der Waals surface area contributed by atoms with Crippen LogP contribution in [0.25, 0.3) is 28.1 Å². The van der Waals surface area contributed by atoms with Gasteiger partial charge in [0, 0.05) is 41.8 Å². The fourth-order valence-electron chi connectivity index (χ4n) is 4.95. The molecule has 1 unspecified atom stereocenters. The van der Waals surface area contributed by atoms with Crippen LogP contribution in [0.15, 0.2) is 71.4 Å². The molecule has 1 aromatic carbocycles. The van der Waals surface area contributed by atoms with Crippen molar-refractivity contribution in [3.8, 4) is 17.0 Å². The highest BCUT2D eigenvalue weighted by Gasteiger charge is 2.52. The standard InChI is InChI=1S/C27H23N5O4/c1-3-22-19-11-18(35-2)7-6-17(19)14-32(22)15-27(25(33)30-26(34)31-27)24-12-21-23(36-24)9-8-20(29-21)16-5-4-10-28-13-16/h3-13H,14-15H2,1-2H3,(H2,30,31,33,34). The molecule has 1 atom stereocenters. The molecular formula is C27H23N5O4. The lowest BCUT2D eigenvalue weighted by Gasteiger charge is -2.31. The Kier molecular flexibility index (Phi) is 4.99. The number of urea groups is 1. The number of hydrogen-bond donors (Lipinski definition) is 2. The first-order chi connectivity index (χ1) is 17.5. The number of benzene rings is 1. The summed E-state index contributed by atoms with van der Waals surface area (Å²) in [5.74, 6) is 0.605. The van der Waals surface area contributed by atoms with Crippen LogP contribution in [0, 0.1) is 0 Å². The van der Waals surface area contributed by atoms with Gasteiger partial charge in [-0.25, -0.2) is 9.78 Å². The molecule has 3 amide bonds. The van der Waals surface area contributed by atoms with E-state index in [0.717, 1.165) is 33.8 Å². The van der Waals surface area contributed by atoms with Crippen molar-refractivity contribution >= 4 is 28.7 Å². The molecule has 5 heterocycles. The van der Waals surface area contributed by atoms with Gasteiger partial charge in [0.2, 0.25) is 0 Å². The first-order valence-corrected chi connectivity index (χ1v) is 11.5. The number of carbonyl (C=O) groups is 2. The number of furan rings is 1. The molecule has 6 rings (SSSR count). The van der Waals surface area contributed by atoms with Gasteiger partial charge in [-0.05, 0) is 48.9 Å². The van der Waals surface area contributed by atoms with Crippen LogP contribution in [0.2, 0.25) is 0 Å². The molecule has 9 heteroatoms. The maximum Gasteiger partial charge on any atom is 0.322 e. The number of nitrogens with zero attached hydrogens (tertiary/aromatic N) is 3. The molecule has 2 aliphatic heterocycles. The van der Waals surface area contributed by atoms with Crippen molar-refractivity contribution in [3.05, 3.63) is 83.9 Å². The van der Waals surface area contributed by atoms with E-state index in [1.807, 2.05) is 55.5 Å². The second kappa shape index (κ2) is 8.23. The average molecular weight is 482 g/mol. The number of ether oxygens (including phenoxy) is 1. The van der Waals surface area contributed by atoms with Gasteiger partial charge in [0.1, 0.15) is 17.0 Å². The summed E-state index contributed by atoms with van der Waals surface area (Å²) in [5, 5.41) is 5.23. The summed E-state index contributed by atoms with van der Waals surface area (Å²) in [6.07, 6.45) is 5.43. The fourth-order valence-corrected chi connectivity index (χ4v) is 4.95. The zero-order valence-corrected chi connectivity index (χ0v) is 19.7. The van der Waals surface area contributed by atoms with E-state index in [9.17, 15) is 9.59 Å². The van der Waals surface area contributed by atoms with Crippen molar-refractivity contribution in [2.45, 2.75) is 19.0 Å². The predicted octanol–water partition coefficient (Wildman–Crippen LogP) is 3.81. The number of amides is 3. The Morgan fingerprint density at radius 1 is 1.19 bits per heavy atom. The van der Waals surface area contributed by atoms with Crippen LogP contribution in [0.5, 0.6) is 5.75 Å². The summed E-state index contributed by atoms with van der Waals surface area (Å²) in [6.45, 7) is 2.70. The molecule has 4 aromatic rings. The van der Waals surface area contributed by atoms with Gasteiger partial charge in [0.15, 0.2) is 11.1 Å². The summed E-state index contributed by atoms with van der Waals surface area (Å²) in [7, 11) is 1.63. The van der Waals surface area contributed by atoms with Gasteiger partial charge in [0.25, 0.3) is 5.91 Å². The summed E-state index contributed by atoms with van der Waals surface area (Å²) < 4.78 is 11.5. The predicted molar refractivity (Wildman–Crippen MR) is 133 cm³/mol. The molecule has 0 aliphatic carbocycles. The monoisotopic (exact) mass is 481 g/mol. The van der Waals surface area contributed by atoms with Crippen molar-refractivity contribution in [1.29, 1.82) is 0 Å². The molecule has 0 bridgehead atoms. The minimum Gasteiger partial charge on any atom is -0.497 e. The van der Waals surface area contributed by atoms with Gasteiger partial charge in [0.05, 0.1) is 19.3 Å². The molecule has 2 aliphatic rings. The Hall–Kier alpha value is -4.66. The van der Waals surface area contributed by atoms with Gasteiger partial charge in [-0.15, -0.1) is 0 Å². The van der Waals surface area contributed by atoms with Gasteiger partial charge >= 0.3 is 6.03 Å². The van der Waals surface area contributed by atoms with Crippen molar-refractivity contribution in [1.82, 2.24) is 25.5 Å². The smallest absolute Gasteiger partial charge is 0.322 e. The van der Waals surface area contributed by atoms with E-state index < -0.39 is 17.5 Å². The first-order valence-electron chi connectivity index (χ1n) is 11.5. The normalized spacial score (nSPS) is 20.1. The minimum absolute atomic E-state index is 0.177. The van der Waals surface area contributed by atoms with Crippen molar-refractivity contribution in [2.75, 3.05) is 13.7 Å². The van der Waals surface area contributed by atoms with Crippen molar-refractivity contribution in [3.63, 3.8) is 0 Å². The number of carbonyl (C=O) groups excluding carboxylic acids is 2. The summed E-state index contributed by atoms with van der Waals surface area (Å²) in [5.41, 5.74) is 4.37. The van der Waals surface area contributed by atoms with E-state index >= 15 is 0 Å². The molecular weight excluding hydrogens is 458 g/mol. The van der Waals surface area contributed by atoms with Crippen LogP contribution in [-0.2, 0) is 16.9 Å². The third kappa shape index (κ3) is 3.39. The van der Waals surface area contributed by atoms with Crippen LogP contribution in [0.3, 0.4) is 0 Å².